The topological polar surface area (TPSA) is 55.6 Å². The van der Waals surface area contributed by atoms with Gasteiger partial charge in [-0.1, -0.05) is 6.92 Å². The zero-order valence-corrected chi connectivity index (χ0v) is 9.25. The van der Waals surface area contributed by atoms with Crippen LogP contribution in [-0.2, 0) is 9.63 Å². The van der Waals surface area contributed by atoms with Crippen LogP contribution in [0.5, 0.6) is 0 Å². The largest absolute Gasteiger partial charge is 0.328 e. The predicted molar refractivity (Wildman–Crippen MR) is 54.4 cm³/mol. The lowest BCUT2D eigenvalue weighted by Crippen LogP contribution is -2.31. The molecule has 1 fully saturated rings. The average Bonchev–Trinajstić information content (AvgIpc) is 2.39. The first kappa shape index (κ1) is 11.5. The molecular weight excluding hydrogens is 180 g/mol. The van der Waals surface area contributed by atoms with Gasteiger partial charge in [-0.25, -0.2) is 5.06 Å². The number of rotatable bonds is 4. The number of nitrogens with two attached hydrogens (primary N) is 1. The minimum atomic E-state index is -0.297. The van der Waals surface area contributed by atoms with Crippen LogP contribution in [0.4, 0.5) is 0 Å². The van der Waals surface area contributed by atoms with E-state index in [1.54, 1.807) is 0 Å². The van der Waals surface area contributed by atoms with E-state index in [0.717, 1.165) is 12.8 Å². The number of amides is 1. The molecule has 1 aliphatic rings. The standard InChI is InChI=1S/C10H20N2O2/c1-4-10(3)7-9(13)12(14-10)6-5-8(2)11/h8H,4-7,11H2,1-3H3. The molecule has 2 atom stereocenters. The van der Waals surface area contributed by atoms with E-state index in [1.807, 2.05) is 20.8 Å². The Morgan fingerprint density at radius 1 is 1.71 bits per heavy atom. The maximum absolute atomic E-state index is 11.5. The lowest BCUT2D eigenvalue weighted by molar-refractivity contribution is -0.196. The van der Waals surface area contributed by atoms with Gasteiger partial charge in [0.2, 0.25) is 5.91 Å². The predicted octanol–water partition coefficient (Wildman–Crippen LogP) is 1.06. The first-order valence-electron chi connectivity index (χ1n) is 5.22. The van der Waals surface area contributed by atoms with Gasteiger partial charge < -0.3 is 5.73 Å². The summed E-state index contributed by atoms with van der Waals surface area (Å²) < 4.78 is 0. The van der Waals surface area contributed by atoms with Gasteiger partial charge in [-0.05, 0) is 26.7 Å². The summed E-state index contributed by atoms with van der Waals surface area (Å²) in [5, 5.41) is 1.47. The minimum absolute atomic E-state index is 0.0787. The SMILES string of the molecule is CCC1(C)CC(=O)N(CCC(C)N)O1. The van der Waals surface area contributed by atoms with Crippen LogP contribution in [0, 0.1) is 0 Å². The van der Waals surface area contributed by atoms with Gasteiger partial charge in [-0.2, -0.15) is 0 Å². The molecule has 0 aromatic carbocycles. The number of nitrogens with zero attached hydrogens (tertiary/aromatic N) is 1. The Hall–Kier alpha value is -0.610. The van der Waals surface area contributed by atoms with Crippen LogP contribution < -0.4 is 5.73 Å². The molecule has 1 amide bonds. The number of carbonyl (C=O) groups excluding carboxylic acids is 1. The number of carbonyl (C=O) groups is 1. The maximum Gasteiger partial charge on any atom is 0.249 e. The van der Waals surface area contributed by atoms with Crippen LogP contribution in [0.25, 0.3) is 0 Å². The summed E-state index contributed by atoms with van der Waals surface area (Å²) in [6.07, 6.45) is 2.13. The molecule has 0 spiro atoms. The molecule has 1 saturated heterocycles. The second kappa shape index (κ2) is 4.28. The third kappa shape index (κ3) is 2.69. The second-order valence-corrected chi connectivity index (χ2v) is 4.33. The molecule has 1 rings (SSSR count). The molecule has 0 aromatic rings. The quantitative estimate of drug-likeness (QED) is 0.738. The van der Waals surface area contributed by atoms with E-state index < -0.39 is 0 Å². The second-order valence-electron chi connectivity index (χ2n) is 4.33. The molecule has 2 unspecified atom stereocenters. The van der Waals surface area contributed by atoms with Crippen LogP contribution in [0.1, 0.15) is 40.0 Å². The van der Waals surface area contributed by atoms with E-state index in [9.17, 15) is 4.79 Å². The molecule has 1 heterocycles. The zero-order chi connectivity index (χ0) is 10.8. The highest BCUT2D eigenvalue weighted by atomic mass is 16.7. The summed E-state index contributed by atoms with van der Waals surface area (Å²) in [5.41, 5.74) is 5.33. The highest BCUT2D eigenvalue weighted by Crippen LogP contribution is 2.29. The number of hydrogen-bond acceptors (Lipinski definition) is 3. The van der Waals surface area contributed by atoms with Crippen molar-refractivity contribution in [2.24, 2.45) is 5.73 Å². The van der Waals surface area contributed by atoms with Gasteiger partial charge in [0.15, 0.2) is 0 Å². The van der Waals surface area contributed by atoms with Gasteiger partial charge >= 0.3 is 0 Å². The minimum Gasteiger partial charge on any atom is -0.328 e. The first-order valence-corrected chi connectivity index (χ1v) is 5.22. The van der Waals surface area contributed by atoms with Gasteiger partial charge in [0.1, 0.15) is 5.60 Å². The summed E-state index contributed by atoms with van der Waals surface area (Å²) in [4.78, 5) is 17.1. The molecule has 4 heteroatoms. The van der Waals surface area contributed by atoms with Crippen molar-refractivity contribution < 1.29 is 9.63 Å². The Kier molecular flexibility index (Phi) is 3.50. The molecule has 0 bridgehead atoms. The molecule has 0 aromatic heterocycles. The normalized spacial score (nSPS) is 29.7. The van der Waals surface area contributed by atoms with Crippen molar-refractivity contribution in [1.29, 1.82) is 0 Å². The third-order valence-electron chi connectivity index (χ3n) is 2.67. The zero-order valence-electron chi connectivity index (χ0n) is 9.25. The molecule has 0 radical (unpaired) electrons. The van der Waals surface area contributed by atoms with Crippen LogP contribution in [0.2, 0.25) is 0 Å². The Morgan fingerprint density at radius 2 is 2.36 bits per heavy atom. The monoisotopic (exact) mass is 200 g/mol. The highest BCUT2D eigenvalue weighted by molar-refractivity contribution is 5.77. The maximum atomic E-state index is 11.5. The van der Waals surface area contributed by atoms with Crippen molar-refractivity contribution in [3.05, 3.63) is 0 Å². The summed E-state index contributed by atoms with van der Waals surface area (Å²) in [5.74, 6) is 0.0787. The molecule has 4 nitrogen and oxygen atoms in total. The smallest absolute Gasteiger partial charge is 0.249 e. The lowest BCUT2D eigenvalue weighted by Gasteiger charge is -2.22. The highest BCUT2D eigenvalue weighted by Gasteiger charge is 2.39. The summed E-state index contributed by atoms with van der Waals surface area (Å²) in [6.45, 7) is 6.53. The van der Waals surface area contributed by atoms with Crippen molar-refractivity contribution in [1.82, 2.24) is 5.06 Å². The fourth-order valence-corrected chi connectivity index (χ4v) is 1.44. The van der Waals surface area contributed by atoms with Crippen molar-refractivity contribution in [2.45, 2.75) is 51.7 Å². The Labute approximate surface area is 85.3 Å². The third-order valence-corrected chi connectivity index (χ3v) is 2.67. The van der Waals surface area contributed by atoms with E-state index in [4.69, 9.17) is 10.6 Å². The van der Waals surface area contributed by atoms with Gasteiger partial charge in [0.05, 0.1) is 13.0 Å². The van der Waals surface area contributed by atoms with E-state index in [2.05, 4.69) is 0 Å². The Balaban J connectivity index is 2.45. The molecule has 0 saturated carbocycles. The van der Waals surface area contributed by atoms with Gasteiger partial charge in [0.25, 0.3) is 0 Å². The summed E-state index contributed by atoms with van der Waals surface area (Å²) in [7, 11) is 0. The van der Waals surface area contributed by atoms with Gasteiger partial charge in [-0.15, -0.1) is 0 Å². The molecule has 14 heavy (non-hydrogen) atoms. The van der Waals surface area contributed by atoms with E-state index >= 15 is 0 Å². The number of hydrogen-bond donors (Lipinski definition) is 1. The van der Waals surface area contributed by atoms with Crippen LogP contribution in [0.15, 0.2) is 0 Å². The van der Waals surface area contributed by atoms with Gasteiger partial charge in [-0.3, -0.25) is 9.63 Å². The van der Waals surface area contributed by atoms with Crippen molar-refractivity contribution >= 4 is 5.91 Å². The number of hydroxylamine groups is 2. The Bertz CT molecular complexity index is 218. The van der Waals surface area contributed by atoms with Crippen LogP contribution in [0.3, 0.4) is 0 Å². The molecule has 0 aliphatic carbocycles. The van der Waals surface area contributed by atoms with E-state index in [1.165, 1.54) is 5.06 Å². The summed E-state index contributed by atoms with van der Waals surface area (Å²) in [6, 6.07) is 0.111. The fourth-order valence-electron chi connectivity index (χ4n) is 1.44. The Morgan fingerprint density at radius 3 is 2.79 bits per heavy atom. The van der Waals surface area contributed by atoms with Crippen molar-refractivity contribution in [2.75, 3.05) is 6.54 Å². The fraction of sp³-hybridized carbons (Fsp3) is 0.900. The van der Waals surface area contributed by atoms with Crippen LogP contribution >= 0.6 is 0 Å². The summed E-state index contributed by atoms with van der Waals surface area (Å²) >= 11 is 0. The van der Waals surface area contributed by atoms with E-state index in [0.29, 0.717) is 13.0 Å². The molecule has 2 N–H and O–H groups in total. The van der Waals surface area contributed by atoms with Crippen molar-refractivity contribution in [3.63, 3.8) is 0 Å². The molecular formula is C10H20N2O2. The van der Waals surface area contributed by atoms with Gasteiger partial charge in [0, 0.05) is 6.04 Å². The average molecular weight is 200 g/mol. The van der Waals surface area contributed by atoms with Crippen LogP contribution in [-0.4, -0.2) is 29.2 Å². The van der Waals surface area contributed by atoms with E-state index in [-0.39, 0.29) is 17.6 Å². The lowest BCUT2D eigenvalue weighted by atomic mass is 10.0. The first-order chi connectivity index (χ1) is 6.47. The molecule has 82 valence electrons. The molecule has 1 aliphatic heterocycles. The van der Waals surface area contributed by atoms with Crippen molar-refractivity contribution in [3.8, 4) is 0 Å².